The second-order valence-electron chi connectivity index (χ2n) is 6.89. The van der Waals surface area contributed by atoms with Gasteiger partial charge in [-0.05, 0) is 31.4 Å². The van der Waals surface area contributed by atoms with Gasteiger partial charge in [0, 0.05) is 19.3 Å². The Labute approximate surface area is 174 Å². The van der Waals surface area contributed by atoms with Crippen molar-refractivity contribution in [3.63, 3.8) is 0 Å². The maximum atomic E-state index is 12.7. The minimum absolute atomic E-state index is 0.0198. The predicted molar refractivity (Wildman–Crippen MR) is 115 cm³/mol. The average Bonchev–Trinajstić information content (AvgIpc) is 2.73. The molecule has 6 heteroatoms. The molecule has 1 N–H and O–H groups in total. The van der Waals surface area contributed by atoms with Crippen LogP contribution in [0.5, 0.6) is 0 Å². The molecule has 0 spiro atoms. The maximum absolute atomic E-state index is 12.7. The zero-order valence-corrected chi connectivity index (χ0v) is 17.9. The van der Waals surface area contributed by atoms with Crippen LogP contribution in [-0.4, -0.2) is 36.5 Å². The highest BCUT2D eigenvalue weighted by Gasteiger charge is 2.17. The van der Waals surface area contributed by atoms with Crippen LogP contribution in [-0.2, 0) is 9.53 Å². The molecule has 158 valence electrons. The summed E-state index contributed by atoms with van der Waals surface area (Å²) in [5, 5.41) is 12.2. The van der Waals surface area contributed by atoms with Gasteiger partial charge in [0.15, 0.2) is 0 Å². The van der Waals surface area contributed by atoms with E-state index >= 15 is 0 Å². The van der Waals surface area contributed by atoms with Crippen LogP contribution < -0.4 is 5.32 Å². The summed E-state index contributed by atoms with van der Waals surface area (Å²) in [4.78, 5) is 27.0. The van der Waals surface area contributed by atoms with Gasteiger partial charge in [-0.15, -0.1) is 0 Å². The summed E-state index contributed by atoms with van der Waals surface area (Å²) in [5.41, 5.74) is 0.642. The number of unbranched alkanes of at least 4 members (excludes halogenated alkanes) is 3. The average molecular weight is 400 g/mol. The zero-order valence-electron chi connectivity index (χ0n) is 17.9. The van der Waals surface area contributed by atoms with Gasteiger partial charge >= 0.3 is 5.97 Å². The first-order valence-electron chi connectivity index (χ1n) is 10.5. The first-order valence-corrected chi connectivity index (χ1v) is 10.5. The van der Waals surface area contributed by atoms with Crippen molar-refractivity contribution in [1.29, 1.82) is 5.26 Å². The molecule has 0 saturated carbocycles. The number of anilines is 1. The van der Waals surface area contributed by atoms with Crippen molar-refractivity contribution in [2.75, 3.05) is 25.0 Å². The summed E-state index contributed by atoms with van der Waals surface area (Å²) < 4.78 is 5.25. The van der Waals surface area contributed by atoms with Gasteiger partial charge in [0.25, 0.3) is 5.91 Å². The second kappa shape index (κ2) is 14.2. The van der Waals surface area contributed by atoms with Crippen LogP contribution in [0.4, 0.5) is 5.69 Å². The van der Waals surface area contributed by atoms with Gasteiger partial charge in [0.1, 0.15) is 11.6 Å². The second-order valence-corrected chi connectivity index (χ2v) is 6.89. The fourth-order valence-corrected chi connectivity index (χ4v) is 2.63. The molecule has 0 saturated heterocycles. The van der Waals surface area contributed by atoms with Crippen molar-refractivity contribution >= 4 is 17.6 Å². The first-order chi connectivity index (χ1) is 14.1. The van der Waals surface area contributed by atoms with Crippen LogP contribution in [0.2, 0.25) is 0 Å². The Morgan fingerprint density at radius 2 is 1.69 bits per heavy atom. The van der Waals surface area contributed by atoms with Crippen molar-refractivity contribution in [2.24, 2.45) is 0 Å². The van der Waals surface area contributed by atoms with E-state index < -0.39 is 11.9 Å². The Bertz CT molecular complexity index is 714. The molecule has 0 atom stereocenters. The van der Waals surface area contributed by atoms with E-state index in [1.165, 1.54) is 0 Å². The van der Waals surface area contributed by atoms with E-state index in [0.29, 0.717) is 12.3 Å². The van der Waals surface area contributed by atoms with Crippen molar-refractivity contribution in [3.05, 3.63) is 41.6 Å². The SMILES string of the molecule is CCCCOC(=O)c1ccccc1NC(=O)/C(C#N)=C\N(CCCC)CCCC. The quantitative estimate of drug-likeness (QED) is 0.221. The fourth-order valence-electron chi connectivity index (χ4n) is 2.63. The molecule has 1 aromatic carbocycles. The molecule has 0 radical (unpaired) electrons. The molecule has 1 aromatic rings. The third-order valence-electron chi connectivity index (χ3n) is 4.40. The normalized spacial score (nSPS) is 10.9. The van der Waals surface area contributed by atoms with Gasteiger partial charge in [0.05, 0.1) is 17.9 Å². The Morgan fingerprint density at radius 1 is 1.07 bits per heavy atom. The molecule has 1 amide bonds. The maximum Gasteiger partial charge on any atom is 0.340 e. The molecule has 29 heavy (non-hydrogen) atoms. The lowest BCUT2D eigenvalue weighted by molar-refractivity contribution is -0.112. The number of nitrogens with one attached hydrogen (secondary N) is 1. The number of hydrogen-bond donors (Lipinski definition) is 1. The van der Waals surface area contributed by atoms with Crippen LogP contribution in [0.1, 0.15) is 69.7 Å². The van der Waals surface area contributed by atoms with Crippen LogP contribution in [0.15, 0.2) is 36.0 Å². The highest BCUT2D eigenvalue weighted by molar-refractivity contribution is 6.09. The van der Waals surface area contributed by atoms with Crippen molar-refractivity contribution in [2.45, 2.75) is 59.3 Å². The van der Waals surface area contributed by atoms with Crippen LogP contribution in [0, 0.1) is 11.3 Å². The van der Waals surface area contributed by atoms with Crippen molar-refractivity contribution < 1.29 is 14.3 Å². The van der Waals surface area contributed by atoms with Gasteiger partial charge < -0.3 is 15.0 Å². The summed E-state index contributed by atoms with van der Waals surface area (Å²) in [6, 6.07) is 8.66. The number of para-hydroxylation sites is 1. The lowest BCUT2D eigenvalue weighted by Crippen LogP contribution is -2.24. The summed E-state index contributed by atoms with van der Waals surface area (Å²) in [6.07, 6.45) is 7.40. The molecule has 0 aliphatic heterocycles. The molecule has 0 unspecified atom stereocenters. The highest BCUT2D eigenvalue weighted by Crippen LogP contribution is 2.18. The highest BCUT2D eigenvalue weighted by atomic mass is 16.5. The molecule has 0 bridgehead atoms. The molecular weight excluding hydrogens is 366 g/mol. The Hall–Kier alpha value is -2.81. The fraction of sp³-hybridized carbons (Fsp3) is 0.522. The van der Waals surface area contributed by atoms with E-state index in [-0.39, 0.29) is 11.1 Å². The van der Waals surface area contributed by atoms with E-state index in [1.54, 1.807) is 30.5 Å². The number of benzene rings is 1. The van der Waals surface area contributed by atoms with Gasteiger partial charge in [-0.2, -0.15) is 5.26 Å². The minimum atomic E-state index is -0.528. The summed E-state index contributed by atoms with van der Waals surface area (Å²) >= 11 is 0. The van der Waals surface area contributed by atoms with Gasteiger partial charge in [0.2, 0.25) is 0 Å². The number of carbonyl (C=O) groups is 2. The third kappa shape index (κ3) is 8.82. The number of carbonyl (C=O) groups excluding carboxylic acids is 2. The van der Waals surface area contributed by atoms with Crippen LogP contribution in [0.3, 0.4) is 0 Å². The number of esters is 1. The number of rotatable bonds is 13. The molecule has 0 fully saturated rings. The number of amides is 1. The molecule has 0 heterocycles. The Morgan fingerprint density at radius 3 is 2.28 bits per heavy atom. The first kappa shape index (κ1) is 24.2. The van der Waals surface area contributed by atoms with Crippen molar-refractivity contribution in [3.8, 4) is 6.07 Å². The van der Waals surface area contributed by atoms with Gasteiger partial charge in [-0.25, -0.2) is 4.79 Å². The predicted octanol–water partition coefficient (Wildman–Crippen LogP) is 4.89. The van der Waals surface area contributed by atoms with E-state index in [2.05, 4.69) is 19.2 Å². The van der Waals surface area contributed by atoms with E-state index in [9.17, 15) is 14.9 Å². The topological polar surface area (TPSA) is 82.4 Å². The third-order valence-corrected chi connectivity index (χ3v) is 4.40. The molecule has 1 rings (SSSR count). The Kier molecular flexibility index (Phi) is 11.9. The number of nitriles is 1. The van der Waals surface area contributed by atoms with E-state index in [4.69, 9.17) is 4.74 Å². The Balaban J connectivity index is 2.94. The van der Waals surface area contributed by atoms with Gasteiger partial charge in [-0.1, -0.05) is 52.2 Å². The summed E-state index contributed by atoms with van der Waals surface area (Å²) in [7, 11) is 0. The number of ether oxygens (including phenoxy) is 1. The largest absolute Gasteiger partial charge is 0.462 e. The minimum Gasteiger partial charge on any atom is -0.462 e. The molecule has 0 aliphatic rings. The van der Waals surface area contributed by atoms with E-state index in [1.807, 2.05) is 17.9 Å². The van der Waals surface area contributed by atoms with Crippen LogP contribution >= 0.6 is 0 Å². The monoisotopic (exact) mass is 399 g/mol. The van der Waals surface area contributed by atoms with Crippen molar-refractivity contribution in [1.82, 2.24) is 4.90 Å². The number of nitrogens with zero attached hydrogens (tertiary/aromatic N) is 2. The molecular formula is C23H33N3O3. The lowest BCUT2D eigenvalue weighted by Gasteiger charge is -2.20. The molecule has 0 aromatic heterocycles. The lowest BCUT2D eigenvalue weighted by atomic mass is 10.1. The molecule has 6 nitrogen and oxygen atoms in total. The standard InChI is InChI=1S/C23H33N3O3/c1-4-7-14-26(15-8-5-2)18-19(17-24)22(27)25-21-13-11-10-12-20(21)23(28)29-16-9-6-3/h10-13,18H,4-9,14-16H2,1-3H3,(H,25,27)/b19-18-. The molecule has 0 aliphatic carbocycles. The van der Waals surface area contributed by atoms with Gasteiger partial charge in [-0.3, -0.25) is 4.79 Å². The van der Waals surface area contributed by atoms with E-state index in [0.717, 1.165) is 51.6 Å². The smallest absolute Gasteiger partial charge is 0.340 e. The summed E-state index contributed by atoms with van der Waals surface area (Å²) in [6.45, 7) is 8.17. The summed E-state index contributed by atoms with van der Waals surface area (Å²) in [5.74, 6) is -1.01. The number of hydrogen-bond acceptors (Lipinski definition) is 5. The van der Waals surface area contributed by atoms with Crippen LogP contribution in [0.25, 0.3) is 0 Å². The zero-order chi connectivity index (χ0) is 21.5.